The van der Waals surface area contributed by atoms with Crippen LogP contribution in [0.4, 0.5) is 0 Å². The fourth-order valence-corrected chi connectivity index (χ4v) is 0. The minimum absolute atomic E-state index is 0.819. The lowest BCUT2D eigenvalue weighted by Gasteiger charge is -1.70. The van der Waals surface area contributed by atoms with Gasteiger partial charge in [-0.1, -0.05) is 6.92 Å². The first-order valence-electron chi connectivity index (χ1n) is 3.47. The van der Waals surface area contributed by atoms with E-state index in [0.717, 1.165) is 26.8 Å². The molecule has 0 saturated heterocycles. The van der Waals surface area contributed by atoms with Crippen LogP contribution in [-0.4, -0.2) is 28.7 Å². The van der Waals surface area contributed by atoms with Crippen molar-refractivity contribution in [3.05, 3.63) is 0 Å². The minimum atomic E-state index is -0.833. The molecule has 0 atom stereocenters. The van der Waals surface area contributed by atoms with E-state index in [1.165, 1.54) is 0 Å². The number of hydrogen-bond acceptors (Lipinski definition) is 3. The molecule has 0 amide bonds. The Balaban J connectivity index is -0.000000101. The molecule has 0 bridgehead atoms. The lowest BCUT2D eigenvalue weighted by molar-refractivity contribution is -0.135. The van der Waals surface area contributed by atoms with Crippen molar-refractivity contribution < 1.29 is 19.8 Å². The highest BCUT2D eigenvalue weighted by atomic mass is 16.4. The van der Waals surface area contributed by atoms with Crippen LogP contribution in [-0.2, 0) is 9.59 Å². The molecule has 0 aliphatic rings. The summed E-state index contributed by atoms with van der Waals surface area (Å²) in [5.41, 5.74) is 5.03. The van der Waals surface area contributed by atoms with Crippen LogP contribution in [0.2, 0.25) is 0 Å². The molecular formula is C7H17NO4. The zero-order chi connectivity index (χ0) is 10.6. The van der Waals surface area contributed by atoms with E-state index in [9.17, 15) is 0 Å². The van der Waals surface area contributed by atoms with E-state index in [2.05, 4.69) is 6.92 Å². The Hall–Kier alpha value is -1.10. The van der Waals surface area contributed by atoms with Gasteiger partial charge in [-0.3, -0.25) is 9.59 Å². The third kappa shape index (κ3) is 55500. The molecule has 0 saturated carbocycles. The van der Waals surface area contributed by atoms with Gasteiger partial charge in [0.25, 0.3) is 11.9 Å². The molecule has 0 aromatic heterocycles. The van der Waals surface area contributed by atoms with Gasteiger partial charge < -0.3 is 15.9 Å². The lowest BCUT2D eigenvalue weighted by atomic mass is 10.5. The normalized spacial score (nSPS) is 6.67. The number of hydrogen-bond donors (Lipinski definition) is 3. The molecule has 0 aromatic carbocycles. The lowest BCUT2D eigenvalue weighted by Crippen LogP contribution is -1.93. The van der Waals surface area contributed by atoms with Crippen LogP contribution in [0.15, 0.2) is 0 Å². The van der Waals surface area contributed by atoms with E-state index in [-0.39, 0.29) is 0 Å². The first-order valence-corrected chi connectivity index (χ1v) is 3.47. The molecule has 0 heterocycles. The van der Waals surface area contributed by atoms with E-state index in [1.54, 1.807) is 0 Å². The van der Waals surface area contributed by atoms with E-state index in [4.69, 9.17) is 25.5 Å². The summed E-state index contributed by atoms with van der Waals surface area (Å²) in [6.45, 7) is 5.04. The Morgan fingerprint density at radius 2 is 1.25 bits per heavy atom. The van der Waals surface area contributed by atoms with Crippen LogP contribution in [0.3, 0.4) is 0 Å². The molecule has 5 heteroatoms. The summed E-state index contributed by atoms with van der Waals surface area (Å²) in [6.07, 6.45) is 1.10. The van der Waals surface area contributed by atoms with Crippen molar-refractivity contribution in [3.8, 4) is 0 Å². The van der Waals surface area contributed by atoms with Crippen molar-refractivity contribution in [1.29, 1.82) is 0 Å². The van der Waals surface area contributed by atoms with Crippen LogP contribution in [0, 0.1) is 0 Å². The highest BCUT2D eigenvalue weighted by molar-refractivity contribution is 5.63. The Kier molecular flexibility index (Phi) is 23.5. The van der Waals surface area contributed by atoms with Crippen molar-refractivity contribution >= 4 is 11.9 Å². The number of rotatable bonds is 1. The smallest absolute Gasteiger partial charge is 0.300 e. The van der Waals surface area contributed by atoms with Crippen LogP contribution in [0.5, 0.6) is 0 Å². The zero-order valence-corrected chi connectivity index (χ0v) is 7.70. The molecule has 4 N–H and O–H groups in total. The summed E-state index contributed by atoms with van der Waals surface area (Å²) >= 11 is 0. The highest BCUT2D eigenvalue weighted by Crippen LogP contribution is 1.57. The molecule has 0 radical (unpaired) electrons. The van der Waals surface area contributed by atoms with Gasteiger partial charge in [0.15, 0.2) is 0 Å². The molecule has 0 spiro atoms. The summed E-state index contributed by atoms with van der Waals surface area (Å²) in [5.74, 6) is -1.67. The Morgan fingerprint density at radius 1 is 1.17 bits per heavy atom. The second-order valence-electron chi connectivity index (χ2n) is 1.83. The van der Waals surface area contributed by atoms with Crippen molar-refractivity contribution in [2.75, 3.05) is 6.54 Å². The fourth-order valence-electron chi connectivity index (χ4n) is 0. The van der Waals surface area contributed by atoms with Crippen molar-refractivity contribution in [1.82, 2.24) is 0 Å². The van der Waals surface area contributed by atoms with Crippen molar-refractivity contribution in [3.63, 3.8) is 0 Å². The van der Waals surface area contributed by atoms with Gasteiger partial charge in [0.2, 0.25) is 0 Å². The quantitative estimate of drug-likeness (QED) is 0.545. The maximum atomic E-state index is 9.00. The average molecular weight is 179 g/mol. The first kappa shape index (κ1) is 17.1. The van der Waals surface area contributed by atoms with Crippen molar-refractivity contribution in [2.45, 2.75) is 27.2 Å². The number of aliphatic carboxylic acids is 2. The van der Waals surface area contributed by atoms with Crippen LogP contribution < -0.4 is 5.73 Å². The van der Waals surface area contributed by atoms with Gasteiger partial charge in [-0.2, -0.15) is 0 Å². The summed E-state index contributed by atoms with van der Waals surface area (Å²) in [6, 6.07) is 0. The summed E-state index contributed by atoms with van der Waals surface area (Å²) < 4.78 is 0. The third-order valence-electron chi connectivity index (χ3n) is 0.289. The van der Waals surface area contributed by atoms with Crippen LogP contribution >= 0.6 is 0 Å². The maximum absolute atomic E-state index is 9.00. The molecule has 0 aromatic rings. The minimum Gasteiger partial charge on any atom is -0.481 e. The first-order chi connectivity index (χ1) is 5.38. The standard InChI is InChI=1S/C3H9N.2C2H4O2/c1-2-3-4;2*1-2(3)4/h2-4H2,1H3;2*1H3,(H,3,4). The molecule has 12 heavy (non-hydrogen) atoms. The van der Waals surface area contributed by atoms with Crippen LogP contribution in [0.1, 0.15) is 27.2 Å². The number of carbonyl (C=O) groups is 2. The third-order valence-corrected chi connectivity index (χ3v) is 0.289. The second-order valence-corrected chi connectivity index (χ2v) is 1.83. The predicted molar refractivity (Wildman–Crippen MR) is 46.0 cm³/mol. The highest BCUT2D eigenvalue weighted by Gasteiger charge is 1.65. The number of nitrogens with two attached hydrogens (primary N) is 1. The van der Waals surface area contributed by atoms with E-state index >= 15 is 0 Å². The average Bonchev–Trinajstić information content (AvgIpc) is 1.85. The molecule has 74 valence electrons. The van der Waals surface area contributed by atoms with Gasteiger partial charge in [0, 0.05) is 13.8 Å². The van der Waals surface area contributed by atoms with Gasteiger partial charge in [-0.25, -0.2) is 0 Å². The largest absolute Gasteiger partial charge is 0.481 e. The molecular weight excluding hydrogens is 162 g/mol. The summed E-state index contributed by atoms with van der Waals surface area (Å²) in [4.78, 5) is 18.0. The molecule has 0 rings (SSSR count). The van der Waals surface area contributed by atoms with Gasteiger partial charge in [-0.15, -0.1) is 0 Å². The summed E-state index contributed by atoms with van der Waals surface area (Å²) in [7, 11) is 0. The van der Waals surface area contributed by atoms with Crippen LogP contribution in [0.25, 0.3) is 0 Å². The predicted octanol–water partition coefficient (Wildman–Crippen LogP) is 0.537. The Labute approximate surface area is 72.2 Å². The van der Waals surface area contributed by atoms with Gasteiger partial charge in [-0.05, 0) is 13.0 Å². The SMILES string of the molecule is CC(=O)O.CC(=O)O.CCCN. The molecule has 0 aliphatic carbocycles. The number of carboxylic acid groups (broad SMARTS) is 2. The van der Waals surface area contributed by atoms with Gasteiger partial charge in [0.05, 0.1) is 0 Å². The van der Waals surface area contributed by atoms with E-state index in [1.807, 2.05) is 0 Å². The van der Waals surface area contributed by atoms with E-state index < -0.39 is 11.9 Å². The topological polar surface area (TPSA) is 101 Å². The number of carboxylic acids is 2. The monoisotopic (exact) mass is 179 g/mol. The van der Waals surface area contributed by atoms with Crippen molar-refractivity contribution in [2.24, 2.45) is 5.73 Å². The van der Waals surface area contributed by atoms with Gasteiger partial charge in [0.1, 0.15) is 0 Å². The molecule has 0 fully saturated rings. The molecule has 0 aliphatic heterocycles. The second kappa shape index (κ2) is 16.5. The molecule has 5 nitrogen and oxygen atoms in total. The van der Waals surface area contributed by atoms with E-state index in [0.29, 0.717) is 0 Å². The molecule has 0 unspecified atom stereocenters. The fraction of sp³-hybridized carbons (Fsp3) is 0.714. The maximum Gasteiger partial charge on any atom is 0.300 e. The summed E-state index contributed by atoms with van der Waals surface area (Å²) in [5, 5.41) is 14.8. The Morgan fingerprint density at radius 3 is 1.25 bits per heavy atom. The van der Waals surface area contributed by atoms with Gasteiger partial charge >= 0.3 is 0 Å². The zero-order valence-electron chi connectivity index (χ0n) is 7.70. The Bertz CT molecular complexity index is 92.0.